The first kappa shape index (κ1) is 18.2. The maximum absolute atomic E-state index is 12.7. The summed E-state index contributed by atoms with van der Waals surface area (Å²) in [5, 5.41) is 2.85. The molecule has 1 saturated carbocycles. The van der Waals surface area contributed by atoms with E-state index in [2.05, 4.69) is 12.2 Å². The van der Waals surface area contributed by atoms with Crippen molar-refractivity contribution in [2.45, 2.75) is 55.6 Å². The molecule has 0 aromatic heterocycles. The van der Waals surface area contributed by atoms with Crippen LogP contribution in [0.4, 0.5) is 5.69 Å². The molecule has 5 nitrogen and oxygen atoms in total. The first-order valence-electron chi connectivity index (χ1n) is 9.32. The Morgan fingerprint density at radius 1 is 1.16 bits per heavy atom. The molecule has 2 fully saturated rings. The molecule has 1 amide bonds. The number of benzene rings is 1. The van der Waals surface area contributed by atoms with E-state index in [9.17, 15) is 13.2 Å². The van der Waals surface area contributed by atoms with Crippen molar-refractivity contribution in [1.82, 2.24) is 4.90 Å². The summed E-state index contributed by atoms with van der Waals surface area (Å²) in [5.74, 6) is 0.769. The third-order valence-electron chi connectivity index (χ3n) is 5.48. The van der Waals surface area contributed by atoms with Crippen LogP contribution in [0.5, 0.6) is 0 Å². The summed E-state index contributed by atoms with van der Waals surface area (Å²) < 4.78 is 25.4. The number of carbonyl (C=O) groups excluding carboxylic acids is 1. The van der Waals surface area contributed by atoms with Gasteiger partial charge < -0.3 is 10.2 Å². The van der Waals surface area contributed by atoms with Gasteiger partial charge in [0.2, 0.25) is 5.91 Å². The number of sulfone groups is 1. The summed E-state index contributed by atoms with van der Waals surface area (Å²) in [5.41, 5.74) is 0.692. The smallest absolute Gasteiger partial charge is 0.241 e. The molecule has 1 saturated heterocycles. The second-order valence-corrected chi connectivity index (χ2v) is 9.62. The normalized spacial score (nSPS) is 20.0. The summed E-state index contributed by atoms with van der Waals surface area (Å²) in [7, 11) is -3.26. The van der Waals surface area contributed by atoms with E-state index in [1.807, 2.05) is 11.0 Å². The molecule has 1 aromatic carbocycles. The van der Waals surface area contributed by atoms with Gasteiger partial charge in [-0.05, 0) is 49.8 Å². The van der Waals surface area contributed by atoms with Gasteiger partial charge in [-0.2, -0.15) is 0 Å². The number of anilines is 1. The second kappa shape index (κ2) is 7.77. The largest absolute Gasteiger partial charge is 0.376 e. The third kappa shape index (κ3) is 4.35. The van der Waals surface area contributed by atoms with Crippen molar-refractivity contribution >= 4 is 21.4 Å². The molecule has 0 atom stereocenters. The molecular formula is C19H28N2O3S. The molecule has 1 N–H and O–H groups in total. The van der Waals surface area contributed by atoms with Gasteiger partial charge in [0.15, 0.2) is 9.84 Å². The number of nitrogens with one attached hydrogen (secondary N) is 1. The number of hydrogen-bond donors (Lipinski definition) is 1. The fraction of sp³-hybridized carbons (Fsp3) is 0.632. The lowest BCUT2D eigenvalue weighted by atomic mass is 9.99. The van der Waals surface area contributed by atoms with Crippen LogP contribution in [0.15, 0.2) is 29.2 Å². The van der Waals surface area contributed by atoms with Crippen molar-refractivity contribution < 1.29 is 13.2 Å². The summed E-state index contributed by atoms with van der Waals surface area (Å²) in [4.78, 5) is 14.6. The molecule has 2 aliphatic rings. The number of hydrogen-bond acceptors (Lipinski definition) is 4. The number of nitrogens with zero attached hydrogens (tertiary/aromatic N) is 1. The molecule has 6 heteroatoms. The summed E-state index contributed by atoms with van der Waals surface area (Å²) >= 11 is 0. The van der Waals surface area contributed by atoms with E-state index >= 15 is 0 Å². The van der Waals surface area contributed by atoms with E-state index < -0.39 is 9.84 Å². The van der Waals surface area contributed by atoms with Gasteiger partial charge in [-0.1, -0.05) is 25.8 Å². The minimum absolute atomic E-state index is 0.0796. The highest BCUT2D eigenvalue weighted by Gasteiger charge is 2.30. The minimum Gasteiger partial charge on any atom is -0.376 e. The van der Waals surface area contributed by atoms with Gasteiger partial charge >= 0.3 is 0 Å². The van der Waals surface area contributed by atoms with Crippen LogP contribution >= 0.6 is 0 Å². The Morgan fingerprint density at radius 3 is 2.52 bits per heavy atom. The summed E-state index contributed by atoms with van der Waals surface area (Å²) in [6.07, 6.45) is 5.61. The monoisotopic (exact) mass is 364 g/mol. The average molecular weight is 365 g/mol. The molecule has 3 rings (SSSR count). The Kier molecular flexibility index (Phi) is 5.67. The minimum atomic E-state index is -3.26. The highest BCUT2D eigenvalue weighted by atomic mass is 32.2. The van der Waals surface area contributed by atoms with Crippen LogP contribution in [0.2, 0.25) is 0 Å². The van der Waals surface area contributed by atoms with Crippen molar-refractivity contribution in [1.29, 1.82) is 0 Å². The zero-order valence-electron chi connectivity index (χ0n) is 14.9. The summed E-state index contributed by atoms with van der Waals surface area (Å²) in [6.45, 7) is 4.06. The molecule has 1 aliphatic carbocycles. The van der Waals surface area contributed by atoms with E-state index in [4.69, 9.17) is 0 Å². The molecule has 1 aromatic rings. The number of piperidine rings is 1. The van der Waals surface area contributed by atoms with Crippen molar-refractivity contribution in [2.24, 2.45) is 5.92 Å². The molecule has 25 heavy (non-hydrogen) atoms. The predicted octanol–water partition coefficient (Wildman–Crippen LogP) is 3.07. The highest BCUT2D eigenvalue weighted by molar-refractivity contribution is 7.92. The average Bonchev–Trinajstić information content (AvgIpc) is 3.16. The third-order valence-corrected chi connectivity index (χ3v) is 7.74. The number of likely N-dealkylation sites (tertiary alicyclic amines) is 1. The van der Waals surface area contributed by atoms with E-state index in [-0.39, 0.29) is 17.7 Å². The van der Waals surface area contributed by atoms with Crippen LogP contribution in [0.25, 0.3) is 0 Å². The van der Waals surface area contributed by atoms with Crippen LogP contribution in [0, 0.1) is 5.92 Å². The number of carbonyl (C=O) groups is 1. The lowest BCUT2D eigenvalue weighted by Gasteiger charge is -2.30. The zero-order valence-corrected chi connectivity index (χ0v) is 15.7. The topological polar surface area (TPSA) is 66.5 Å². The fourth-order valence-corrected chi connectivity index (χ4v) is 5.62. The maximum Gasteiger partial charge on any atom is 0.241 e. The standard InChI is InChI=1S/C19H28N2O3S/c1-15-9-11-21(12-10-15)19(22)14-20-16-5-4-8-18(13-16)25(23,24)17-6-2-3-7-17/h4-5,8,13,15,17,20H,2-3,6-7,9-12,14H2,1H3. The van der Waals surface area contributed by atoms with Gasteiger partial charge in [-0.25, -0.2) is 8.42 Å². The van der Waals surface area contributed by atoms with Gasteiger partial charge in [0.25, 0.3) is 0 Å². The lowest BCUT2D eigenvalue weighted by molar-refractivity contribution is -0.130. The molecule has 0 radical (unpaired) electrons. The van der Waals surface area contributed by atoms with Gasteiger partial charge in [-0.15, -0.1) is 0 Å². The van der Waals surface area contributed by atoms with Crippen molar-refractivity contribution in [3.63, 3.8) is 0 Å². The first-order chi connectivity index (χ1) is 12.0. The van der Waals surface area contributed by atoms with Crippen LogP contribution in [-0.4, -0.2) is 44.1 Å². The van der Waals surface area contributed by atoms with Crippen LogP contribution in [0.3, 0.4) is 0 Å². The van der Waals surface area contributed by atoms with E-state index in [1.165, 1.54) is 0 Å². The summed E-state index contributed by atoms with van der Waals surface area (Å²) in [6, 6.07) is 6.89. The van der Waals surface area contributed by atoms with Crippen LogP contribution in [-0.2, 0) is 14.6 Å². The fourth-order valence-electron chi connectivity index (χ4n) is 3.72. The molecular weight excluding hydrogens is 336 g/mol. The van der Waals surface area contributed by atoms with E-state index in [1.54, 1.807) is 18.2 Å². The maximum atomic E-state index is 12.7. The Hall–Kier alpha value is -1.56. The second-order valence-electron chi connectivity index (χ2n) is 7.40. The molecule has 138 valence electrons. The Balaban J connectivity index is 1.61. The van der Waals surface area contributed by atoms with Crippen LogP contribution in [0.1, 0.15) is 45.4 Å². The highest BCUT2D eigenvalue weighted by Crippen LogP contribution is 2.30. The van der Waals surface area contributed by atoms with Gasteiger partial charge in [0, 0.05) is 18.8 Å². The van der Waals surface area contributed by atoms with Crippen molar-refractivity contribution in [2.75, 3.05) is 25.0 Å². The van der Waals surface area contributed by atoms with Crippen LogP contribution < -0.4 is 5.32 Å². The van der Waals surface area contributed by atoms with E-state index in [0.717, 1.165) is 51.6 Å². The molecule has 1 aliphatic heterocycles. The zero-order chi connectivity index (χ0) is 17.9. The van der Waals surface area contributed by atoms with Gasteiger partial charge in [-0.3, -0.25) is 4.79 Å². The van der Waals surface area contributed by atoms with E-state index in [0.29, 0.717) is 16.5 Å². The van der Waals surface area contributed by atoms with Gasteiger partial charge in [0.05, 0.1) is 16.7 Å². The predicted molar refractivity (Wildman–Crippen MR) is 99.4 cm³/mol. The Labute approximate surface area is 150 Å². The quantitative estimate of drug-likeness (QED) is 0.872. The lowest BCUT2D eigenvalue weighted by Crippen LogP contribution is -2.40. The number of amides is 1. The van der Waals surface area contributed by atoms with Crippen molar-refractivity contribution in [3.05, 3.63) is 24.3 Å². The Morgan fingerprint density at radius 2 is 1.84 bits per heavy atom. The van der Waals surface area contributed by atoms with Gasteiger partial charge in [0.1, 0.15) is 0 Å². The number of rotatable bonds is 5. The molecule has 0 unspecified atom stereocenters. The molecule has 0 bridgehead atoms. The van der Waals surface area contributed by atoms with Crippen molar-refractivity contribution in [3.8, 4) is 0 Å². The first-order valence-corrected chi connectivity index (χ1v) is 10.9. The molecule has 1 heterocycles. The Bertz CT molecular complexity index is 703. The molecule has 0 spiro atoms. The SMILES string of the molecule is CC1CCN(C(=O)CNc2cccc(S(=O)(=O)C3CCCC3)c2)CC1.